The van der Waals surface area contributed by atoms with E-state index in [9.17, 15) is 22.4 Å². The van der Waals surface area contributed by atoms with Crippen LogP contribution in [0.5, 0.6) is 0 Å². The number of rotatable bonds is 36. The third-order valence-electron chi connectivity index (χ3n) is 29.7. The van der Waals surface area contributed by atoms with Crippen LogP contribution >= 0.6 is 0 Å². The summed E-state index contributed by atoms with van der Waals surface area (Å²) in [5.41, 5.74) is -0.435. The van der Waals surface area contributed by atoms with Crippen molar-refractivity contribution in [1.82, 2.24) is 75.0 Å². The van der Waals surface area contributed by atoms with Gasteiger partial charge in [-0.1, -0.05) is 14.9 Å². The number of carbonyl (C=O) groups is 1. The summed E-state index contributed by atoms with van der Waals surface area (Å²) in [7, 11) is 140. The van der Waals surface area contributed by atoms with Crippen molar-refractivity contribution in [2.75, 3.05) is 190 Å². The number of piperidine rings is 8. The monoisotopic (exact) mass is 1950 g/mol. The maximum atomic E-state index is 13.0. The topological polar surface area (TPSA) is 220 Å². The van der Waals surface area contributed by atoms with Gasteiger partial charge >= 0.3 is 6.09 Å². The lowest BCUT2D eigenvalue weighted by molar-refractivity contribution is -0.0561. The number of likely N-dealkylation sites (tertiary alicyclic amines) is 5. The second-order valence-corrected chi connectivity index (χ2v) is 42.6. The predicted molar refractivity (Wildman–Crippen MR) is 647 cm³/mol. The van der Waals surface area contributed by atoms with Crippen molar-refractivity contribution in [2.24, 2.45) is 17.8 Å². The maximum absolute atomic E-state index is 13.0. The molecule has 11 fully saturated rings. The largest absolute Gasteiger partial charge is 0.444 e. The second kappa shape index (κ2) is 65.4. The van der Waals surface area contributed by atoms with Crippen molar-refractivity contribution < 1.29 is 46.0 Å². The fourth-order valence-corrected chi connectivity index (χ4v) is 21.8. The Balaban J connectivity index is 0.000000222. The highest BCUT2D eigenvalue weighted by molar-refractivity contribution is 8.30. The molecular formula is C76H123B43F4N19O6. The number of halogens is 4. The van der Waals surface area contributed by atoms with E-state index in [1.54, 1.807) is 4.90 Å². The zero-order valence-electron chi connectivity index (χ0n) is 86.4. The molecular weight excluding hydrogens is 1820 g/mol. The Hall–Kier alpha value is -3.10. The number of amides is 1. The molecule has 11 aliphatic rings. The van der Waals surface area contributed by atoms with E-state index in [0.29, 0.717) is 72.4 Å². The SMILES string of the molecule is C.C.CC(C)(C)OC(=O)N1CC(CN2CCC(OC3CCN(c4ncc(F)cn4)CC3)CC2)C1.CN1CC(CN2CCC(OC3CCN(c4ncc(F)cn4)CC3)CC2)C1.Fc1cnc(N2CCC(OC3CCN(CC4CNC4)CC3)CC2)nc1.Fc1cnc(N2CCC(OC3CCNCC3)CC2)nc1.[B]B([B])B([B])B([B])[B].[B][B]B([B])B(B(B([B])[B])B([B])[B])B(B(B([B])[B])B([B])[B])B(B(B([B])[B])B([B])[B])B(B([B])[B])B([B])[B]. The number of ether oxygens (including phenoxy) is 5. The number of hydrogen-bond donors (Lipinski definition) is 2. The molecule has 4 aromatic heterocycles. The van der Waals surface area contributed by atoms with Crippen LogP contribution in [0.3, 0.4) is 0 Å². The molecule has 15 rings (SSSR count). The van der Waals surface area contributed by atoms with Gasteiger partial charge in [-0.15, -0.1) is 0 Å². The van der Waals surface area contributed by atoms with Crippen LogP contribution < -0.4 is 30.2 Å². The third-order valence-corrected chi connectivity index (χ3v) is 29.7. The zero-order valence-corrected chi connectivity index (χ0v) is 86.4. The summed E-state index contributed by atoms with van der Waals surface area (Å²) < 4.78 is 82.4. The fraction of sp³-hybridized carbons (Fsp3) is 0.776. The zero-order chi connectivity index (χ0) is 106. The van der Waals surface area contributed by atoms with Crippen LogP contribution in [0.15, 0.2) is 49.6 Å². The van der Waals surface area contributed by atoms with Gasteiger partial charge in [0.25, 0.3) is 0 Å². The molecule has 11 saturated heterocycles. The van der Waals surface area contributed by atoms with E-state index >= 15 is 0 Å². The van der Waals surface area contributed by atoms with E-state index in [2.05, 4.69) is 96.8 Å². The smallest absolute Gasteiger partial charge is 0.410 e. The van der Waals surface area contributed by atoms with Crippen molar-refractivity contribution in [3.63, 3.8) is 0 Å². The third kappa shape index (κ3) is 42.6. The second-order valence-electron chi connectivity index (χ2n) is 42.6. The summed E-state index contributed by atoms with van der Waals surface area (Å²) in [6.45, 7) is 31.6. The minimum absolute atomic E-state index is 0. The molecule has 1 amide bonds. The lowest BCUT2D eigenvalue weighted by Crippen LogP contribution is -2.90. The van der Waals surface area contributed by atoms with Crippen LogP contribution in [0.1, 0.15) is 138 Å². The van der Waals surface area contributed by atoms with E-state index in [-0.39, 0.29) is 38.7 Å². The Bertz CT molecular complexity index is 4220. The highest BCUT2D eigenvalue weighted by atomic mass is 19.1. The van der Waals surface area contributed by atoms with E-state index in [4.69, 9.17) is 202 Å². The molecule has 715 valence electrons. The number of nitrogens with one attached hydrogen (secondary N) is 2. The molecule has 0 aliphatic carbocycles. The first-order valence-corrected chi connectivity index (χ1v) is 52.4. The van der Waals surface area contributed by atoms with Gasteiger partial charge in [0.15, 0.2) is 23.3 Å². The van der Waals surface area contributed by atoms with Crippen LogP contribution in [0, 0.1) is 41.0 Å². The van der Waals surface area contributed by atoms with E-state index < -0.39 is 139 Å². The molecule has 0 atom stereocenters. The average molecular weight is 1940 g/mol. The lowest BCUT2D eigenvalue weighted by Gasteiger charge is -2.52. The summed E-state index contributed by atoms with van der Waals surface area (Å²) in [5.74, 6) is 3.16. The summed E-state index contributed by atoms with van der Waals surface area (Å²) in [4.78, 5) is 65.0. The molecule has 15 heterocycles. The van der Waals surface area contributed by atoms with Gasteiger partial charge in [0.2, 0.25) is 23.8 Å². The lowest BCUT2D eigenvalue weighted by atomic mass is 8.29. The molecule has 47 radical (unpaired) electrons. The Labute approximate surface area is 924 Å². The molecule has 0 aromatic carbocycles. The Morgan fingerprint density at radius 2 is 0.568 bits per heavy atom. The van der Waals surface area contributed by atoms with Gasteiger partial charge in [-0.05, 0) is 155 Å². The summed E-state index contributed by atoms with van der Waals surface area (Å²) in [5, 5.41) is 6.70. The van der Waals surface area contributed by atoms with Crippen molar-refractivity contribution in [1.29, 1.82) is 0 Å². The molecule has 11 aliphatic heterocycles. The van der Waals surface area contributed by atoms with Crippen molar-refractivity contribution >= 4 is 336 Å². The first-order valence-electron chi connectivity index (χ1n) is 52.4. The van der Waals surface area contributed by atoms with Gasteiger partial charge in [-0.25, -0.2) is 62.2 Å². The Kier molecular flexibility index (Phi) is 57.5. The number of anilines is 4. The number of nitrogens with zero attached hydrogens (tertiary/aromatic N) is 17. The molecule has 0 spiro atoms. The average Bonchev–Trinajstić information content (AvgIpc) is 0.751. The Morgan fingerprint density at radius 3 is 0.784 bits per heavy atom. The van der Waals surface area contributed by atoms with Crippen molar-refractivity contribution in [3.8, 4) is 0 Å². The van der Waals surface area contributed by atoms with Gasteiger partial charge in [-0.3, -0.25) is 0 Å². The van der Waals surface area contributed by atoms with Crippen molar-refractivity contribution in [3.05, 3.63) is 72.8 Å². The first kappa shape index (κ1) is 130. The quantitative estimate of drug-likeness (QED) is 0.0319. The number of hydrogen-bond acceptors (Lipinski definition) is 24. The fourth-order valence-electron chi connectivity index (χ4n) is 21.8. The normalized spacial score (nSPS) is 18.9. The van der Waals surface area contributed by atoms with E-state index in [1.165, 1.54) is 122 Å². The minimum atomic E-state index is -1.13. The summed E-state index contributed by atoms with van der Waals surface area (Å²) in [6.07, 6.45) is 11.1. The Morgan fingerprint density at radius 1 is 0.338 bits per heavy atom. The molecule has 72 heteroatoms. The standard InChI is InChI=1S/C23H36FN5O3.C19H30FN5O.C18H28FN5O.C14H21FN4O.2CH4.B35.B8/c1-23(2,3)32-22(30)29-15-17(16-29)14-27-8-4-19(5-9-27)31-20-6-10-28(11-7-20)21-25-12-18(24)13-26-21;1-23-12-15(13-23)14-24-6-2-17(3-7-24)26-18-4-8-25(9-5-18)19-21-10-16(20)11-22-19;19-15-11-21-18(22-12-15)24-7-3-17(4-8-24)25-16-1-5-23(6-2-16)13-14-9-20-10-14;15-11-9-17-14(18-10-11)19-7-3-13(4-8-19)20-12-1-5-16-6-2-12;;;1-19-28(18)33(29(20(2)3)21(4)5)35(32(26(14)15)27(16)17)34(30(22(6)7)23(8)9)31(24(10)11)25(12)13;1-6(2)8(5)7(3)4/h12-13,17,19-20H,4-11,14-16H2,1-3H3;10-11,15,17-18H,2-9,12-14H2,1H3;11-12,14,16-17,20H,1-10,13H2;9-10,12-13,16H,1-8H2;2*1H4;;. The van der Waals surface area contributed by atoms with E-state index in [0.717, 1.165) is 213 Å². The summed E-state index contributed by atoms with van der Waals surface area (Å²) in [6, 6.07) is 0. The molecule has 0 saturated carbocycles. The molecule has 0 bridgehead atoms. The van der Waals surface area contributed by atoms with Gasteiger partial charge in [0.1, 0.15) is 5.60 Å². The highest BCUT2D eigenvalue weighted by Crippen LogP contribution is 2.31. The maximum Gasteiger partial charge on any atom is 0.410 e. The molecule has 4 aromatic rings. The van der Waals surface area contributed by atoms with Crippen LogP contribution in [0.4, 0.5) is 46.1 Å². The van der Waals surface area contributed by atoms with Crippen LogP contribution in [0.25, 0.3) is 0 Å². The van der Waals surface area contributed by atoms with Gasteiger partial charge in [-0.2, -0.15) is 0 Å². The number of aromatic nitrogens is 8. The highest BCUT2D eigenvalue weighted by Gasteiger charge is 2.55. The number of carbonyl (C=O) groups excluding carboxylic acids is 1. The van der Waals surface area contributed by atoms with Gasteiger partial charge in [0, 0.05) is 463 Å². The van der Waals surface area contributed by atoms with Gasteiger partial charge in [0.05, 0.1) is 98.4 Å². The first-order chi connectivity index (χ1) is 69.5. The van der Waals surface area contributed by atoms with E-state index in [1.807, 2.05) is 20.8 Å². The van der Waals surface area contributed by atoms with Crippen LogP contribution in [-0.2, 0) is 23.7 Å². The predicted octanol–water partition coefficient (Wildman–Crippen LogP) is -7.90. The van der Waals surface area contributed by atoms with Crippen LogP contribution in [-0.4, -0.2) is 602 Å². The van der Waals surface area contributed by atoms with Crippen molar-refractivity contribution in [2.45, 2.75) is 193 Å². The van der Waals surface area contributed by atoms with Gasteiger partial charge < -0.3 is 78.4 Å². The minimum Gasteiger partial charge on any atom is -0.444 e. The summed E-state index contributed by atoms with van der Waals surface area (Å²) >= 11 is 0. The molecule has 148 heavy (non-hydrogen) atoms. The molecule has 25 nitrogen and oxygen atoms in total. The van der Waals surface area contributed by atoms with Crippen LogP contribution in [0.2, 0.25) is 0 Å². The molecule has 0 unspecified atom stereocenters. The molecule has 2 N–H and O–H groups in total.